The molecule has 0 amide bonds. The van der Waals surface area contributed by atoms with Gasteiger partial charge in [-0.15, -0.1) is 0 Å². The molecule has 0 saturated heterocycles. The highest BCUT2D eigenvalue weighted by Crippen LogP contribution is 2.26. The zero-order valence-corrected chi connectivity index (χ0v) is 17.7. The van der Waals surface area contributed by atoms with Crippen LogP contribution in [0.2, 0.25) is 0 Å². The van der Waals surface area contributed by atoms with Gasteiger partial charge in [0, 0.05) is 12.3 Å². The Labute approximate surface area is 163 Å². The molecule has 0 spiro atoms. The van der Waals surface area contributed by atoms with Gasteiger partial charge >= 0.3 is 0 Å². The Bertz CT molecular complexity index is 326. The summed E-state index contributed by atoms with van der Waals surface area (Å²) in [5.41, 5.74) is 0. The summed E-state index contributed by atoms with van der Waals surface area (Å²) in [4.78, 5) is 11.8. The number of carbonyl (C=O) groups excluding carboxylic acids is 1. The van der Waals surface area contributed by atoms with Crippen LogP contribution in [-0.2, 0) is 4.79 Å². The fourth-order valence-electron chi connectivity index (χ4n) is 4.34. The fraction of sp³-hybridized carbons (Fsp3) is 0.958. The number of aliphatic hydroxyl groups excluding tert-OH is 1. The molecule has 0 aromatic carbocycles. The van der Waals surface area contributed by atoms with E-state index in [1.165, 1.54) is 89.9 Å². The lowest BCUT2D eigenvalue weighted by Crippen LogP contribution is -2.30. The molecule has 1 aliphatic carbocycles. The maximum atomic E-state index is 11.8. The Morgan fingerprint density at radius 2 is 1.23 bits per heavy atom. The molecule has 0 radical (unpaired) electrons. The zero-order valence-electron chi connectivity index (χ0n) is 17.7. The third kappa shape index (κ3) is 12.1. The smallest absolute Gasteiger partial charge is 0.138 e. The highest BCUT2D eigenvalue weighted by molar-refractivity contribution is 5.82. The van der Waals surface area contributed by atoms with Crippen molar-refractivity contribution in [3.05, 3.63) is 0 Å². The fourth-order valence-corrected chi connectivity index (χ4v) is 4.34. The molecule has 1 N–H and O–H groups in total. The van der Waals surface area contributed by atoms with Gasteiger partial charge in [0.1, 0.15) is 5.78 Å². The Kier molecular flexibility index (Phi) is 15.3. The van der Waals surface area contributed by atoms with Crippen molar-refractivity contribution in [2.75, 3.05) is 0 Å². The van der Waals surface area contributed by atoms with Crippen molar-refractivity contribution in [2.24, 2.45) is 5.92 Å². The number of rotatable bonds is 17. The summed E-state index contributed by atoms with van der Waals surface area (Å²) in [7, 11) is 0. The Morgan fingerprint density at radius 3 is 1.69 bits per heavy atom. The number of hydrogen-bond donors (Lipinski definition) is 1. The van der Waals surface area contributed by atoms with E-state index in [0.717, 1.165) is 32.1 Å². The molecule has 0 unspecified atom stereocenters. The molecule has 2 heteroatoms. The summed E-state index contributed by atoms with van der Waals surface area (Å²) >= 11 is 0. The van der Waals surface area contributed by atoms with Gasteiger partial charge in [0.05, 0.1) is 6.10 Å². The van der Waals surface area contributed by atoms with Gasteiger partial charge in [-0.2, -0.15) is 0 Å². The molecule has 2 nitrogen and oxygen atoms in total. The van der Waals surface area contributed by atoms with Gasteiger partial charge in [-0.25, -0.2) is 0 Å². The van der Waals surface area contributed by atoms with Gasteiger partial charge in [0.25, 0.3) is 0 Å². The van der Waals surface area contributed by atoms with Crippen LogP contribution in [0.15, 0.2) is 0 Å². The number of ketones is 1. The monoisotopic (exact) mass is 366 g/mol. The molecule has 0 heterocycles. The van der Waals surface area contributed by atoms with Crippen LogP contribution in [0.25, 0.3) is 0 Å². The third-order valence-corrected chi connectivity index (χ3v) is 6.17. The van der Waals surface area contributed by atoms with Gasteiger partial charge < -0.3 is 5.11 Å². The molecule has 26 heavy (non-hydrogen) atoms. The summed E-state index contributed by atoms with van der Waals surface area (Å²) in [5.74, 6) is 0.264. The van der Waals surface area contributed by atoms with Gasteiger partial charge in [-0.1, -0.05) is 110 Å². The number of unbranched alkanes of at least 4 members (excludes halogenated alkanes) is 14. The van der Waals surface area contributed by atoms with E-state index in [-0.39, 0.29) is 12.0 Å². The second-order valence-electron chi connectivity index (χ2n) is 8.62. The van der Waals surface area contributed by atoms with Gasteiger partial charge in [0.15, 0.2) is 0 Å². The van der Waals surface area contributed by atoms with Gasteiger partial charge in [0.2, 0.25) is 0 Å². The molecule has 0 aromatic rings. The summed E-state index contributed by atoms with van der Waals surface area (Å²) in [6.45, 7) is 2.28. The standard InChI is InChI=1S/C24H46O2/c1-2-3-4-5-6-7-8-9-10-11-12-13-14-15-16-20-23(25)22-19-17-18-21-24(22)26/h22-23,25H,2-21H2,1H3/t22-,23-/m0/s1. The molecule has 2 atom stereocenters. The average Bonchev–Trinajstić information content (AvgIpc) is 2.65. The molecular weight excluding hydrogens is 320 g/mol. The molecule has 1 aliphatic rings. The topological polar surface area (TPSA) is 37.3 Å². The van der Waals surface area contributed by atoms with Gasteiger partial charge in [-0.05, 0) is 19.3 Å². The Hall–Kier alpha value is -0.370. The normalized spacial score (nSPS) is 19.0. The number of carbonyl (C=O) groups is 1. The van der Waals surface area contributed by atoms with Crippen LogP contribution in [0.1, 0.15) is 135 Å². The van der Waals surface area contributed by atoms with Crippen LogP contribution >= 0.6 is 0 Å². The lowest BCUT2D eigenvalue weighted by Gasteiger charge is -2.25. The van der Waals surface area contributed by atoms with Crippen LogP contribution < -0.4 is 0 Å². The summed E-state index contributed by atoms with van der Waals surface area (Å²) < 4.78 is 0. The molecule has 0 aliphatic heterocycles. The first-order valence-electron chi connectivity index (χ1n) is 12.0. The highest BCUT2D eigenvalue weighted by Gasteiger charge is 2.28. The minimum Gasteiger partial charge on any atom is -0.392 e. The maximum absolute atomic E-state index is 11.8. The second kappa shape index (κ2) is 16.8. The van der Waals surface area contributed by atoms with Crippen molar-refractivity contribution in [3.63, 3.8) is 0 Å². The Balaban J connectivity index is 1.79. The SMILES string of the molecule is CCCCCCCCCCCCCCCCC[C@H](O)[C@@H]1CCCCC1=O. The molecule has 1 fully saturated rings. The van der Waals surface area contributed by atoms with Crippen molar-refractivity contribution in [1.82, 2.24) is 0 Å². The van der Waals surface area contributed by atoms with Crippen molar-refractivity contribution >= 4 is 5.78 Å². The summed E-state index contributed by atoms with van der Waals surface area (Å²) in [6.07, 6.45) is 24.7. The summed E-state index contributed by atoms with van der Waals surface area (Å²) in [6, 6.07) is 0. The molecule has 1 rings (SSSR count). The lowest BCUT2D eigenvalue weighted by molar-refractivity contribution is -0.128. The largest absolute Gasteiger partial charge is 0.392 e. The van der Waals surface area contributed by atoms with E-state index in [0.29, 0.717) is 12.2 Å². The van der Waals surface area contributed by atoms with Crippen molar-refractivity contribution < 1.29 is 9.90 Å². The first-order chi connectivity index (χ1) is 12.8. The molecule has 1 saturated carbocycles. The van der Waals surface area contributed by atoms with Crippen molar-refractivity contribution in [2.45, 2.75) is 141 Å². The zero-order chi connectivity index (χ0) is 18.9. The van der Waals surface area contributed by atoms with E-state index < -0.39 is 0 Å². The Morgan fingerprint density at radius 1 is 0.769 bits per heavy atom. The first-order valence-corrected chi connectivity index (χ1v) is 12.0. The first kappa shape index (κ1) is 23.7. The van der Waals surface area contributed by atoms with Crippen LogP contribution in [0.3, 0.4) is 0 Å². The van der Waals surface area contributed by atoms with Crippen LogP contribution in [0.4, 0.5) is 0 Å². The van der Waals surface area contributed by atoms with Gasteiger partial charge in [-0.3, -0.25) is 4.79 Å². The van der Waals surface area contributed by atoms with E-state index in [1.807, 2.05) is 0 Å². The van der Waals surface area contributed by atoms with Crippen molar-refractivity contribution in [3.8, 4) is 0 Å². The molecule has 0 aromatic heterocycles. The second-order valence-corrected chi connectivity index (χ2v) is 8.62. The minimum absolute atomic E-state index is 0.0459. The van der Waals surface area contributed by atoms with E-state index in [4.69, 9.17) is 0 Å². The van der Waals surface area contributed by atoms with E-state index in [9.17, 15) is 9.90 Å². The van der Waals surface area contributed by atoms with Crippen molar-refractivity contribution in [1.29, 1.82) is 0 Å². The lowest BCUT2D eigenvalue weighted by atomic mass is 9.82. The predicted octanol–water partition coefficient (Wildman–Crippen LogP) is 7.37. The molecule has 0 bridgehead atoms. The van der Waals surface area contributed by atoms with Crippen LogP contribution in [0, 0.1) is 5.92 Å². The van der Waals surface area contributed by atoms with Crippen LogP contribution in [0.5, 0.6) is 0 Å². The van der Waals surface area contributed by atoms with E-state index >= 15 is 0 Å². The number of hydrogen-bond acceptors (Lipinski definition) is 2. The number of aliphatic hydroxyl groups is 1. The van der Waals surface area contributed by atoms with E-state index in [1.54, 1.807) is 0 Å². The third-order valence-electron chi connectivity index (χ3n) is 6.17. The maximum Gasteiger partial charge on any atom is 0.138 e. The number of Topliss-reactive ketones (excluding diaryl/α,β-unsaturated/α-hetero) is 1. The molecular formula is C24H46O2. The highest BCUT2D eigenvalue weighted by atomic mass is 16.3. The van der Waals surface area contributed by atoms with E-state index in [2.05, 4.69) is 6.92 Å². The van der Waals surface area contributed by atoms with Crippen LogP contribution in [-0.4, -0.2) is 17.0 Å². The molecule has 154 valence electrons. The quantitative estimate of drug-likeness (QED) is 0.273. The average molecular weight is 367 g/mol. The predicted molar refractivity (Wildman–Crippen MR) is 113 cm³/mol. The summed E-state index contributed by atoms with van der Waals surface area (Å²) in [5, 5.41) is 10.2. The minimum atomic E-state index is -0.371.